The topological polar surface area (TPSA) is 55.1 Å². The van der Waals surface area contributed by atoms with Gasteiger partial charge >= 0.3 is 0 Å². The van der Waals surface area contributed by atoms with Crippen LogP contribution in [0.15, 0.2) is 6.07 Å². The number of hydrogen-bond donors (Lipinski definition) is 2. The van der Waals surface area contributed by atoms with Gasteiger partial charge in [-0.25, -0.2) is 0 Å². The van der Waals surface area contributed by atoms with E-state index in [0.29, 0.717) is 6.42 Å². The van der Waals surface area contributed by atoms with E-state index in [4.69, 9.17) is 5.73 Å². The quantitative estimate of drug-likeness (QED) is 0.891. The maximum absolute atomic E-state index is 12.2. The fourth-order valence-corrected chi connectivity index (χ4v) is 4.23. The van der Waals surface area contributed by atoms with Crippen molar-refractivity contribution in [2.45, 2.75) is 70.9 Å². The lowest BCUT2D eigenvalue weighted by atomic mass is 9.80. The summed E-state index contributed by atoms with van der Waals surface area (Å²) in [6, 6.07) is 2.24. The van der Waals surface area contributed by atoms with Gasteiger partial charge in [0.2, 0.25) is 5.91 Å². The highest BCUT2D eigenvalue weighted by atomic mass is 32.1. The molecule has 1 fully saturated rings. The van der Waals surface area contributed by atoms with Gasteiger partial charge in [0.1, 0.15) is 0 Å². The zero-order chi connectivity index (χ0) is 14.8. The highest BCUT2D eigenvalue weighted by molar-refractivity contribution is 7.12. The Hall–Kier alpha value is -0.870. The Morgan fingerprint density at radius 1 is 1.40 bits per heavy atom. The largest absolute Gasteiger partial charge is 0.349 e. The SMILES string of the molecule is Cc1cc(C(C)NC(=O)CC2(N)CCCCC2)c(C)s1. The number of nitrogens with one attached hydrogen (secondary N) is 1. The van der Waals surface area contributed by atoms with Gasteiger partial charge in [-0.15, -0.1) is 11.3 Å². The molecule has 4 heteroatoms. The molecule has 1 aliphatic rings. The Morgan fingerprint density at radius 2 is 2.05 bits per heavy atom. The summed E-state index contributed by atoms with van der Waals surface area (Å²) in [4.78, 5) is 14.8. The molecule has 1 unspecified atom stereocenters. The van der Waals surface area contributed by atoms with Gasteiger partial charge in [-0.2, -0.15) is 0 Å². The Labute approximate surface area is 125 Å². The van der Waals surface area contributed by atoms with Crippen LogP contribution in [0, 0.1) is 13.8 Å². The standard InChI is InChI=1S/C16H26N2OS/c1-11-9-14(13(3)20-11)12(2)18-15(19)10-16(17)7-5-4-6-8-16/h9,12H,4-8,10,17H2,1-3H3,(H,18,19). The van der Waals surface area contributed by atoms with E-state index < -0.39 is 0 Å². The van der Waals surface area contributed by atoms with E-state index in [1.54, 1.807) is 11.3 Å². The third kappa shape index (κ3) is 3.83. The third-order valence-electron chi connectivity index (χ3n) is 4.29. The molecule has 0 spiro atoms. The number of nitrogens with two attached hydrogens (primary N) is 1. The Kier molecular flexibility index (Phi) is 4.86. The second-order valence-corrected chi connectivity index (χ2v) is 7.72. The lowest BCUT2D eigenvalue weighted by Gasteiger charge is -2.33. The lowest BCUT2D eigenvalue weighted by molar-refractivity contribution is -0.123. The van der Waals surface area contributed by atoms with Crippen molar-refractivity contribution in [1.82, 2.24) is 5.32 Å². The van der Waals surface area contributed by atoms with E-state index in [2.05, 4.69) is 32.2 Å². The smallest absolute Gasteiger partial charge is 0.222 e. The molecule has 1 amide bonds. The van der Waals surface area contributed by atoms with Gasteiger partial charge in [-0.1, -0.05) is 19.3 Å². The maximum atomic E-state index is 12.2. The molecular formula is C16H26N2OS. The van der Waals surface area contributed by atoms with E-state index in [9.17, 15) is 4.79 Å². The van der Waals surface area contributed by atoms with Crippen LogP contribution < -0.4 is 11.1 Å². The summed E-state index contributed by atoms with van der Waals surface area (Å²) in [5.41, 5.74) is 7.31. The first-order valence-corrected chi connectivity index (χ1v) is 8.36. The second-order valence-electron chi connectivity index (χ2n) is 6.26. The van der Waals surface area contributed by atoms with Gasteiger partial charge in [0.15, 0.2) is 0 Å². The zero-order valence-electron chi connectivity index (χ0n) is 12.8. The zero-order valence-corrected chi connectivity index (χ0v) is 13.6. The van der Waals surface area contributed by atoms with E-state index in [1.807, 2.05) is 0 Å². The fraction of sp³-hybridized carbons (Fsp3) is 0.688. The van der Waals surface area contributed by atoms with Crippen molar-refractivity contribution in [3.8, 4) is 0 Å². The first-order chi connectivity index (χ1) is 9.39. The van der Waals surface area contributed by atoms with Crippen LogP contribution >= 0.6 is 11.3 Å². The predicted octanol–water partition coefficient (Wildman–Crippen LogP) is 3.59. The second kappa shape index (κ2) is 6.27. The molecule has 1 aliphatic carbocycles. The van der Waals surface area contributed by atoms with Gasteiger partial charge in [0.05, 0.1) is 6.04 Å². The first-order valence-electron chi connectivity index (χ1n) is 7.55. The number of carbonyl (C=O) groups is 1. The summed E-state index contributed by atoms with van der Waals surface area (Å²) in [5.74, 6) is 0.0881. The summed E-state index contributed by atoms with van der Waals surface area (Å²) in [6.07, 6.45) is 5.98. The number of hydrogen-bond acceptors (Lipinski definition) is 3. The van der Waals surface area contributed by atoms with Crippen LogP contribution in [-0.4, -0.2) is 11.4 Å². The maximum Gasteiger partial charge on any atom is 0.222 e. The first kappa shape index (κ1) is 15.5. The Bertz CT molecular complexity index is 475. The lowest BCUT2D eigenvalue weighted by Crippen LogP contribution is -2.46. The molecule has 0 aromatic carbocycles. The van der Waals surface area contributed by atoms with Gasteiger partial charge in [-0.05, 0) is 45.2 Å². The van der Waals surface area contributed by atoms with E-state index in [0.717, 1.165) is 25.7 Å². The van der Waals surface area contributed by atoms with E-state index in [1.165, 1.54) is 21.7 Å². The summed E-state index contributed by atoms with van der Waals surface area (Å²) < 4.78 is 0. The van der Waals surface area contributed by atoms with Crippen LogP contribution in [0.3, 0.4) is 0 Å². The molecule has 1 aromatic heterocycles. The fourth-order valence-electron chi connectivity index (χ4n) is 3.20. The van der Waals surface area contributed by atoms with Crippen LogP contribution in [0.25, 0.3) is 0 Å². The minimum absolute atomic E-state index is 0.0691. The van der Waals surface area contributed by atoms with Gasteiger partial charge in [-0.3, -0.25) is 4.79 Å². The summed E-state index contributed by atoms with van der Waals surface area (Å²) in [6.45, 7) is 6.27. The summed E-state index contributed by atoms with van der Waals surface area (Å²) in [7, 11) is 0. The molecular weight excluding hydrogens is 268 g/mol. The number of thiophene rings is 1. The predicted molar refractivity (Wildman–Crippen MR) is 85.0 cm³/mol. The average molecular weight is 294 g/mol. The van der Waals surface area contributed by atoms with Crippen molar-refractivity contribution in [2.24, 2.45) is 5.73 Å². The van der Waals surface area contributed by atoms with Crippen LogP contribution in [0.5, 0.6) is 0 Å². The van der Waals surface area contributed by atoms with Crippen LogP contribution in [0.1, 0.15) is 66.8 Å². The molecule has 3 nitrogen and oxygen atoms in total. The summed E-state index contributed by atoms with van der Waals surface area (Å²) in [5, 5.41) is 3.11. The monoisotopic (exact) mass is 294 g/mol. The average Bonchev–Trinajstić information content (AvgIpc) is 2.68. The molecule has 1 atom stereocenters. The molecule has 3 N–H and O–H groups in total. The molecule has 0 saturated heterocycles. The van der Waals surface area contributed by atoms with E-state index in [-0.39, 0.29) is 17.5 Å². The molecule has 2 rings (SSSR count). The van der Waals surface area contributed by atoms with Crippen molar-refractivity contribution >= 4 is 17.2 Å². The highest BCUT2D eigenvalue weighted by Crippen LogP contribution is 2.30. The normalized spacial score (nSPS) is 19.6. The highest BCUT2D eigenvalue weighted by Gasteiger charge is 2.30. The van der Waals surface area contributed by atoms with Gasteiger partial charge in [0, 0.05) is 21.7 Å². The van der Waals surface area contributed by atoms with Crippen molar-refractivity contribution in [2.75, 3.05) is 0 Å². The molecule has 20 heavy (non-hydrogen) atoms. The minimum atomic E-state index is -0.276. The molecule has 0 bridgehead atoms. The van der Waals surface area contributed by atoms with Crippen molar-refractivity contribution in [3.05, 3.63) is 21.4 Å². The van der Waals surface area contributed by atoms with Crippen molar-refractivity contribution in [1.29, 1.82) is 0 Å². The molecule has 0 radical (unpaired) electrons. The van der Waals surface area contributed by atoms with Crippen LogP contribution in [0.2, 0.25) is 0 Å². The third-order valence-corrected chi connectivity index (χ3v) is 5.27. The molecule has 1 heterocycles. The van der Waals surface area contributed by atoms with Crippen LogP contribution in [0.4, 0.5) is 0 Å². The van der Waals surface area contributed by atoms with E-state index >= 15 is 0 Å². The number of carbonyl (C=O) groups excluding carboxylic acids is 1. The van der Waals surface area contributed by atoms with Crippen molar-refractivity contribution in [3.63, 3.8) is 0 Å². The number of rotatable bonds is 4. The molecule has 0 aliphatic heterocycles. The number of aryl methyl sites for hydroxylation is 2. The molecule has 112 valence electrons. The Morgan fingerprint density at radius 3 is 2.60 bits per heavy atom. The molecule has 1 saturated carbocycles. The van der Waals surface area contributed by atoms with Crippen LogP contribution in [-0.2, 0) is 4.79 Å². The minimum Gasteiger partial charge on any atom is -0.349 e. The van der Waals surface area contributed by atoms with Gasteiger partial charge in [0.25, 0.3) is 0 Å². The Balaban J connectivity index is 1.92. The van der Waals surface area contributed by atoms with Crippen molar-refractivity contribution < 1.29 is 4.79 Å². The number of amides is 1. The van der Waals surface area contributed by atoms with Gasteiger partial charge < -0.3 is 11.1 Å². The summed E-state index contributed by atoms with van der Waals surface area (Å²) >= 11 is 1.78. The molecule has 1 aromatic rings.